The summed E-state index contributed by atoms with van der Waals surface area (Å²) in [6.07, 6.45) is 0.0794. The van der Waals surface area contributed by atoms with Crippen molar-refractivity contribution < 1.29 is 24.2 Å². The van der Waals surface area contributed by atoms with E-state index in [2.05, 4.69) is 18.3 Å². The van der Waals surface area contributed by atoms with Crippen LogP contribution in [0.4, 0.5) is 0 Å². The molecule has 0 radical (unpaired) electrons. The lowest BCUT2D eigenvalue weighted by atomic mass is 9.89. The summed E-state index contributed by atoms with van der Waals surface area (Å²) in [5.41, 5.74) is 3.37. The molecule has 0 aliphatic heterocycles. The molecule has 0 saturated carbocycles. The molecule has 0 amide bonds. The van der Waals surface area contributed by atoms with Gasteiger partial charge in [0.15, 0.2) is 17.3 Å². The maximum atomic E-state index is 13.9. The number of carbonyl (C=O) groups excluding carboxylic acids is 1. The Kier molecular flexibility index (Phi) is 6.40. The van der Waals surface area contributed by atoms with Gasteiger partial charge in [0.05, 0.1) is 36.2 Å². The Morgan fingerprint density at radius 2 is 1.61 bits per heavy atom. The first-order valence-electron chi connectivity index (χ1n) is 10.7. The van der Waals surface area contributed by atoms with Crippen LogP contribution in [0, 0.1) is 0 Å². The summed E-state index contributed by atoms with van der Waals surface area (Å²) >= 11 is 2.27. The van der Waals surface area contributed by atoms with Gasteiger partial charge < -0.3 is 14.6 Å². The molecule has 0 unspecified atom stereocenters. The summed E-state index contributed by atoms with van der Waals surface area (Å²) in [5, 5.41) is 14.4. The van der Waals surface area contributed by atoms with Crippen LogP contribution in [0.3, 0.4) is 0 Å². The number of ether oxygens (including phenoxy) is 2. The third-order valence-corrected chi connectivity index (χ3v) is 6.91. The van der Waals surface area contributed by atoms with Gasteiger partial charge in [0.1, 0.15) is 16.6 Å². The zero-order valence-corrected chi connectivity index (χ0v) is 20.7. The molecule has 180 valence electrons. The number of methoxy groups -OCH3 is 2. The molecule has 36 heavy (non-hydrogen) atoms. The van der Waals surface area contributed by atoms with Crippen molar-refractivity contribution in [2.75, 3.05) is 14.2 Å². The fourth-order valence-corrected chi connectivity index (χ4v) is 5.08. The van der Waals surface area contributed by atoms with Crippen molar-refractivity contribution >= 4 is 61.8 Å². The van der Waals surface area contributed by atoms with E-state index >= 15 is 0 Å². The highest BCUT2D eigenvalue weighted by Gasteiger charge is 2.25. The van der Waals surface area contributed by atoms with Gasteiger partial charge in [-0.15, -0.1) is 5.10 Å². The molecule has 5 aromatic rings. The Morgan fingerprint density at radius 3 is 2.39 bits per heavy atom. The van der Waals surface area contributed by atoms with E-state index in [4.69, 9.17) is 9.47 Å². The summed E-state index contributed by atoms with van der Waals surface area (Å²) in [6.45, 7) is 0. The van der Waals surface area contributed by atoms with Crippen LogP contribution in [0.15, 0.2) is 60.2 Å². The van der Waals surface area contributed by atoms with Crippen LogP contribution in [-0.2, 0) is 11.2 Å². The van der Waals surface area contributed by atoms with Gasteiger partial charge in [-0.3, -0.25) is 4.79 Å². The molecular weight excluding hydrogens is 500 g/mol. The standard InChI is InChI=1S/C25H18N4O5S2/c1-33-20-8-5-15(12-21(20)34-2)24(30)16(9-13-3-6-18-22(10-13)35-29-26-18)23(25(31)32)14-4-7-17-19(11-14)28-36-27-17/h3-8,10-12H,9H2,1-2H3,(H,31,32). The summed E-state index contributed by atoms with van der Waals surface area (Å²) < 4.78 is 23.9. The number of aliphatic carboxylic acids is 1. The van der Waals surface area contributed by atoms with Crippen molar-refractivity contribution in [3.63, 3.8) is 0 Å². The minimum atomic E-state index is -1.22. The minimum Gasteiger partial charge on any atom is -0.493 e. The molecule has 0 saturated heterocycles. The minimum absolute atomic E-state index is 0.0794. The molecule has 0 spiro atoms. The lowest BCUT2D eigenvalue weighted by Crippen LogP contribution is -2.14. The van der Waals surface area contributed by atoms with Gasteiger partial charge >= 0.3 is 5.97 Å². The van der Waals surface area contributed by atoms with E-state index in [-0.39, 0.29) is 23.1 Å². The zero-order chi connectivity index (χ0) is 25.2. The Morgan fingerprint density at radius 1 is 0.861 bits per heavy atom. The van der Waals surface area contributed by atoms with Crippen LogP contribution in [0.25, 0.3) is 26.8 Å². The number of nitrogens with zero attached hydrogens (tertiary/aromatic N) is 4. The number of rotatable bonds is 8. The number of carboxylic acids is 1. The quantitative estimate of drug-likeness (QED) is 0.230. The van der Waals surface area contributed by atoms with Gasteiger partial charge in [-0.1, -0.05) is 16.6 Å². The second kappa shape index (κ2) is 9.80. The third-order valence-electron chi connectivity index (χ3n) is 5.67. The highest BCUT2D eigenvalue weighted by atomic mass is 32.1. The largest absolute Gasteiger partial charge is 0.493 e. The molecule has 3 aromatic carbocycles. The molecule has 11 heteroatoms. The number of carbonyl (C=O) groups is 2. The number of benzene rings is 3. The lowest BCUT2D eigenvalue weighted by molar-refractivity contribution is -0.130. The van der Waals surface area contributed by atoms with Crippen molar-refractivity contribution in [2.45, 2.75) is 6.42 Å². The van der Waals surface area contributed by atoms with Crippen molar-refractivity contribution in [3.8, 4) is 11.5 Å². The predicted molar refractivity (Wildman–Crippen MR) is 137 cm³/mol. The number of hydrogen-bond acceptors (Lipinski definition) is 10. The molecule has 2 heterocycles. The van der Waals surface area contributed by atoms with E-state index in [9.17, 15) is 14.7 Å². The van der Waals surface area contributed by atoms with Gasteiger partial charge in [0.2, 0.25) is 0 Å². The Labute approximate surface area is 213 Å². The van der Waals surface area contributed by atoms with Crippen LogP contribution in [0.5, 0.6) is 11.5 Å². The maximum absolute atomic E-state index is 13.9. The molecule has 0 bridgehead atoms. The molecule has 9 nitrogen and oxygen atoms in total. The SMILES string of the molecule is COc1ccc(C(=O)C(Cc2ccc3nnsc3c2)=C(C(=O)O)c2ccc3nsnc3c2)cc1OC. The second-order valence-corrected chi connectivity index (χ2v) is 9.09. The average molecular weight is 519 g/mol. The third kappa shape index (κ3) is 4.41. The van der Waals surface area contributed by atoms with Crippen LogP contribution in [-0.4, -0.2) is 49.4 Å². The molecule has 5 rings (SSSR count). The molecule has 0 atom stereocenters. The molecule has 0 fully saturated rings. The van der Waals surface area contributed by atoms with E-state index in [0.29, 0.717) is 28.1 Å². The van der Waals surface area contributed by atoms with Crippen molar-refractivity contribution in [1.82, 2.24) is 18.3 Å². The first-order valence-corrected chi connectivity index (χ1v) is 12.2. The summed E-state index contributed by atoms with van der Waals surface area (Å²) in [7, 11) is 2.97. The van der Waals surface area contributed by atoms with Gasteiger partial charge in [0.25, 0.3) is 0 Å². The summed E-state index contributed by atoms with van der Waals surface area (Å²) in [6, 6.07) is 15.2. The van der Waals surface area contributed by atoms with Gasteiger partial charge in [0, 0.05) is 17.6 Å². The number of hydrogen-bond donors (Lipinski definition) is 1. The number of allylic oxidation sites excluding steroid dienone is 1. The molecule has 0 aliphatic carbocycles. The monoisotopic (exact) mass is 518 g/mol. The Hall–Kier alpha value is -4.22. The number of carboxylic acid groups (broad SMARTS) is 1. The number of aromatic nitrogens is 4. The average Bonchev–Trinajstić information content (AvgIpc) is 3.56. The van der Waals surface area contributed by atoms with Crippen LogP contribution >= 0.6 is 23.3 Å². The van der Waals surface area contributed by atoms with Crippen LogP contribution in [0.2, 0.25) is 0 Å². The highest BCUT2D eigenvalue weighted by Crippen LogP contribution is 2.32. The van der Waals surface area contributed by atoms with Crippen molar-refractivity contribution in [1.29, 1.82) is 0 Å². The zero-order valence-electron chi connectivity index (χ0n) is 19.1. The van der Waals surface area contributed by atoms with Crippen LogP contribution < -0.4 is 9.47 Å². The number of Topliss-reactive ketones (excluding diaryl/α,β-unsaturated/α-hetero) is 1. The first-order chi connectivity index (χ1) is 17.5. The smallest absolute Gasteiger partial charge is 0.336 e. The fourth-order valence-electron chi connectivity index (χ4n) is 3.94. The molecule has 0 aliphatic rings. The topological polar surface area (TPSA) is 124 Å². The van der Waals surface area contributed by atoms with E-state index < -0.39 is 11.8 Å². The number of ketones is 1. The van der Waals surface area contributed by atoms with Crippen molar-refractivity contribution in [3.05, 3.63) is 76.9 Å². The number of fused-ring (bicyclic) bond motifs is 2. The van der Waals surface area contributed by atoms with Crippen LogP contribution in [0.1, 0.15) is 21.5 Å². The van der Waals surface area contributed by atoms with E-state index in [0.717, 1.165) is 27.5 Å². The van der Waals surface area contributed by atoms with Gasteiger partial charge in [-0.2, -0.15) is 8.75 Å². The molecule has 2 aromatic heterocycles. The second-order valence-electron chi connectivity index (χ2n) is 7.78. The summed E-state index contributed by atoms with van der Waals surface area (Å²) in [4.78, 5) is 26.5. The normalized spacial score (nSPS) is 11.9. The van der Waals surface area contributed by atoms with Gasteiger partial charge in [-0.05, 0) is 65.1 Å². The van der Waals surface area contributed by atoms with Crippen molar-refractivity contribution in [2.24, 2.45) is 0 Å². The Bertz CT molecular complexity index is 1660. The van der Waals surface area contributed by atoms with Gasteiger partial charge in [-0.25, -0.2) is 4.79 Å². The van der Waals surface area contributed by atoms with E-state index in [1.807, 2.05) is 12.1 Å². The lowest BCUT2D eigenvalue weighted by Gasteiger charge is -2.14. The summed E-state index contributed by atoms with van der Waals surface area (Å²) in [5.74, 6) is -0.830. The first kappa shape index (κ1) is 23.5. The fraction of sp³-hybridized carbons (Fsp3) is 0.120. The Balaban J connectivity index is 1.69. The maximum Gasteiger partial charge on any atom is 0.336 e. The highest BCUT2D eigenvalue weighted by molar-refractivity contribution is 7.12. The molecule has 1 N–H and O–H groups in total. The van der Waals surface area contributed by atoms with E-state index in [1.165, 1.54) is 25.8 Å². The predicted octanol–water partition coefficient (Wildman–Crippen LogP) is 4.68. The molecular formula is C25H18N4O5S2. The van der Waals surface area contributed by atoms with E-state index in [1.54, 1.807) is 42.5 Å².